The van der Waals surface area contributed by atoms with Crippen molar-refractivity contribution < 1.29 is 4.79 Å². The number of rotatable bonds is 2. The first-order valence-corrected chi connectivity index (χ1v) is 4.42. The fourth-order valence-electron chi connectivity index (χ4n) is 1.55. The van der Waals surface area contributed by atoms with Crippen molar-refractivity contribution >= 4 is 22.9 Å². The van der Waals surface area contributed by atoms with Gasteiger partial charge in [0.25, 0.3) is 0 Å². The van der Waals surface area contributed by atoms with Gasteiger partial charge in [0.05, 0.1) is 5.69 Å². The second kappa shape index (κ2) is 3.50. The van der Waals surface area contributed by atoms with E-state index in [0.717, 1.165) is 16.5 Å². The molecular weight excluding hydrogens is 174 g/mol. The van der Waals surface area contributed by atoms with Gasteiger partial charge in [-0.3, -0.25) is 4.79 Å². The molecule has 2 heteroatoms. The zero-order chi connectivity index (χ0) is 9.97. The Hall–Kier alpha value is -1.83. The highest BCUT2D eigenvalue weighted by Gasteiger charge is 2.03. The topological polar surface area (TPSA) is 20.3 Å². The van der Waals surface area contributed by atoms with Crippen LogP contribution < -0.4 is 4.90 Å². The molecule has 1 amide bonds. The summed E-state index contributed by atoms with van der Waals surface area (Å²) in [6, 6.07) is 13.8. The standard InChI is InChI=1S/C12H10NO/c1-13(9-14)12-8-4-6-10-5-2-3-7-11(10)12/h2-8H,1H3. The zero-order valence-corrected chi connectivity index (χ0v) is 7.90. The third-order valence-electron chi connectivity index (χ3n) is 2.26. The van der Waals surface area contributed by atoms with Gasteiger partial charge in [0.2, 0.25) is 0 Å². The maximum atomic E-state index is 10.5. The summed E-state index contributed by atoms with van der Waals surface area (Å²) in [7, 11) is 1.70. The lowest BCUT2D eigenvalue weighted by Crippen LogP contribution is -2.13. The predicted octanol–water partition coefficient (Wildman–Crippen LogP) is 2.34. The average molecular weight is 184 g/mol. The number of hydrogen-bond acceptors (Lipinski definition) is 1. The molecule has 0 atom stereocenters. The van der Waals surface area contributed by atoms with Crippen molar-refractivity contribution in [3.05, 3.63) is 42.5 Å². The Balaban J connectivity index is 2.70. The van der Waals surface area contributed by atoms with Crippen LogP contribution in [0, 0.1) is 0 Å². The smallest absolute Gasteiger partial charge is 0.307 e. The molecule has 2 rings (SSSR count). The van der Waals surface area contributed by atoms with E-state index in [4.69, 9.17) is 0 Å². The van der Waals surface area contributed by atoms with Gasteiger partial charge in [-0.15, -0.1) is 0 Å². The molecule has 14 heavy (non-hydrogen) atoms. The van der Waals surface area contributed by atoms with Crippen molar-refractivity contribution in [2.24, 2.45) is 0 Å². The van der Waals surface area contributed by atoms with E-state index in [1.807, 2.05) is 48.9 Å². The summed E-state index contributed by atoms with van der Waals surface area (Å²) in [5.41, 5.74) is 0.887. The van der Waals surface area contributed by atoms with Crippen LogP contribution in [0.4, 0.5) is 5.69 Å². The van der Waals surface area contributed by atoms with Crippen LogP contribution in [-0.4, -0.2) is 13.5 Å². The molecule has 0 N–H and O–H groups in total. The highest BCUT2D eigenvalue weighted by molar-refractivity contribution is 5.98. The number of anilines is 1. The van der Waals surface area contributed by atoms with Crippen molar-refractivity contribution in [2.75, 3.05) is 11.9 Å². The van der Waals surface area contributed by atoms with Crippen molar-refractivity contribution in [3.63, 3.8) is 0 Å². The van der Waals surface area contributed by atoms with Crippen LogP contribution in [0.1, 0.15) is 0 Å². The number of fused-ring (bicyclic) bond motifs is 1. The predicted molar refractivity (Wildman–Crippen MR) is 58.0 cm³/mol. The van der Waals surface area contributed by atoms with Crippen LogP contribution in [-0.2, 0) is 4.79 Å². The van der Waals surface area contributed by atoms with E-state index >= 15 is 0 Å². The van der Waals surface area contributed by atoms with E-state index in [9.17, 15) is 4.79 Å². The molecule has 2 aromatic carbocycles. The van der Waals surface area contributed by atoms with Gasteiger partial charge < -0.3 is 4.90 Å². The third-order valence-corrected chi connectivity index (χ3v) is 2.26. The Labute approximate surface area is 82.8 Å². The molecule has 0 fully saturated rings. The van der Waals surface area contributed by atoms with Gasteiger partial charge >= 0.3 is 6.41 Å². The van der Waals surface area contributed by atoms with Crippen LogP contribution in [0.3, 0.4) is 0 Å². The molecule has 0 bridgehead atoms. The third kappa shape index (κ3) is 1.35. The first kappa shape index (κ1) is 8.75. The number of amides is 1. The monoisotopic (exact) mass is 184 g/mol. The summed E-state index contributed by atoms with van der Waals surface area (Å²) in [6.45, 7) is 0. The summed E-state index contributed by atoms with van der Waals surface area (Å²) in [6.07, 6.45) is 1.86. The Morgan fingerprint density at radius 1 is 1.07 bits per heavy atom. The molecule has 0 aliphatic rings. The molecule has 0 saturated heterocycles. The lowest BCUT2D eigenvalue weighted by atomic mass is 10.1. The van der Waals surface area contributed by atoms with E-state index in [1.165, 1.54) is 4.90 Å². The average Bonchev–Trinajstić information content (AvgIpc) is 2.27. The fraction of sp³-hybridized carbons (Fsp3) is 0.0833. The molecular formula is C12H10NO. The van der Waals surface area contributed by atoms with Gasteiger partial charge in [0.1, 0.15) is 0 Å². The Morgan fingerprint density at radius 3 is 2.57 bits per heavy atom. The molecule has 1 radical (unpaired) electrons. The Bertz CT molecular complexity index is 459. The van der Waals surface area contributed by atoms with Crippen molar-refractivity contribution in [2.45, 2.75) is 0 Å². The quantitative estimate of drug-likeness (QED) is 0.656. The molecule has 0 heterocycles. The van der Waals surface area contributed by atoms with Crippen molar-refractivity contribution in [3.8, 4) is 0 Å². The molecule has 0 saturated carbocycles. The molecule has 0 aliphatic carbocycles. The normalized spacial score (nSPS) is 10.1. The summed E-state index contributed by atoms with van der Waals surface area (Å²) in [5.74, 6) is 0. The molecule has 0 unspecified atom stereocenters. The van der Waals surface area contributed by atoms with Crippen molar-refractivity contribution in [1.82, 2.24) is 0 Å². The van der Waals surface area contributed by atoms with Crippen molar-refractivity contribution in [1.29, 1.82) is 0 Å². The minimum atomic E-state index is 0.887. The largest absolute Gasteiger partial charge is 0.316 e. The van der Waals surface area contributed by atoms with Crippen LogP contribution in [0.2, 0.25) is 0 Å². The fourth-order valence-corrected chi connectivity index (χ4v) is 1.55. The Morgan fingerprint density at radius 2 is 1.79 bits per heavy atom. The molecule has 0 aromatic heterocycles. The van der Waals surface area contributed by atoms with Gasteiger partial charge in [-0.1, -0.05) is 36.4 Å². The summed E-state index contributed by atoms with van der Waals surface area (Å²) < 4.78 is 0. The lowest BCUT2D eigenvalue weighted by molar-refractivity contribution is 0.554. The van der Waals surface area contributed by atoms with Gasteiger partial charge in [0.15, 0.2) is 0 Å². The van der Waals surface area contributed by atoms with Gasteiger partial charge in [-0.25, -0.2) is 0 Å². The van der Waals surface area contributed by atoms with E-state index in [-0.39, 0.29) is 0 Å². The Kier molecular flexibility index (Phi) is 2.19. The molecule has 69 valence electrons. The van der Waals surface area contributed by atoms with E-state index < -0.39 is 0 Å². The second-order valence-electron chi connectivity index (χ2n) is 3.15. The first-order valence-electron chi connectivity index (χ1n) is 4.42. The second-order valence-corrected chi connectivity index (χ2v) is 3.15. The minimum Gasteiger partial charge on any atom is -0.307 e. The van der Waals surface area contributed by atoms with Crippen LogP contribution >= 0.6 is 0 Å². The summed E-state index contributed by atoms with van der Waals surface area (Å²) in [4.78, 5) is 12.0. The minimum absolute atomic E-state index is 0.887. The number of benzene rings is 2. The SMILES string of the molecule is CN([C]=O)c1cccc2ccccc12. The zero-order valence-electron chi connectivity index (χ0n) is 7.90. The first-order chi connectivity index (χ1) is 6.83. The van der Waals surface area contributed by atoms with Gasteiger partial charge in [0, 0.05) is 12.4 Å². The molecule has 0 spiro atoms. The highest BCUT2D eigenvalue weighted by Crippen LogP contribution is 2.24. The molecule has 2 nitrogen and oxygen atoms in total. The van der Waals surface area contributed by atoms with Gasteiger partial charge in [-0.2, -0.15) is 0 Å². The number of hydrogen-bond donors (Lipinski definition) is 0. The maximum Gasteiger partial charge on any atom is 0.316 e. The summed E-state index contributed by atoms with van der Waals surface area (Å²) >= 11 is 0. The molecule has 0 aliphatic heterocycles. The lowest BCUT2D eigenvalue weighted by Gasteiger charge is -2.12. The van der Waals surface area contributed by atoms with E-state index in [2.05, 4.69) is 0 Å². The van der Waals surface area contributed by atoms with Crippen LogP contribution in [0.5, 0.6) is 0 Å². The number of carbonyl (C=O) groups excluding carboxylic acids is 1. The number of nitrogens with zero attached hydrogens (tertiary/aromatic N) is 1. The maximum absolute atomic E-state index is 10.5. The van der Waals surface area contributed by atoms with E-state index in [1.54, 1.807) is 7.05 Å². The van der Waals surface area contributed by atoms with Crippen LogP contribution in [0.15, 0.2) is 42.5 Å². The van der Waals surface area contributed by atoms with E-state index in [0.29, 0.717) is 0 Å². The molecule has 2 aromatic rings. The summed E-state index contributed by atoms with van der Waals surface area (Å²) in [5, 5.41) is 2.20. The van der Waals surface area contributed by atoms with Crippen LogP contribution in [0.25, 0.3) is 10.8 Å². The highest BCUT2D eigenvalue weighted by atomic mass is 16.1. The van der Waals surface area contributed by atoms with Gasteiger partial charge in [-0.05, 0) is 11.5 Å².